The predicted octanol–water partition coefficient (Wildman–Crippen LogP) is 2.85. The fourth-order valence-corrected chi connectivity index (χ4v) is 1.94. The van der Waals surface area contributed by atoms with Gasteiger partial charge in [0.2, 0.25) is 5.91 Å². The molecule has 1 aromatic heterocycles. The van der Waals surface area contributed by atoms with Crippen molar-refractivity contribution in [3.63, 3.8) is 0 Å². The average molecular weight is 355 g/mol. The number of benzene rings is 1. The minimum Gasteiger partial charge on any atom is -0.366 e. The van der Waals surface area contributed by atoms with E-state index >= 15 is 0 Å². The molecule has 0 fully saturated rings. The number of aromatic nitrogens is 1. The highest BCUT2D eigenvalue weighted by molar-refractivity contribution is 9.10. The normalized spacial score (nSPS) is 10.1. The molecule has 0 aliphatic rings. The molecule has 2 aromatic rings. The Hall–Kier alpha value is -1.92. The van der Waals surface area contributed by atoms with E-state index in [1.807, 2.05) is 0 Å². The van der Waals surface area contributed by atoms with Crippen LogP contribution in [0.1, 0.15) is 20.8 Å². The first kappa shape index (κ1) is 14.5. The van der Waals surface area contributed by atoms with Crippen molar-refractivity contribution in [2.45, 2.75) is 0 Å². The molecular formula is C13H9BrClN3O2. The summed E-state index contributed by atoms with van der Waals surface area (Å²) >= 11 is 9.07. The van der Waals surface area contributed by atoms with Crippen molar-refractivity contribution in [2.75, 3.05) is 5.32 Å². The third kappa shape index (κ3) is 3.34. The Labute approximate surface area is 128 Å². The van der Waals surface area contributed by atoms with Crippen molar-refractivity contribution >= 4 is 45.0 Å². The van der Waals surface area contributed by atoms with E-state index in [9.17, 15) is 9.59 Å². The Morgan fingerprint density at radius 1 is 1.25 bits per heavy atom. The Balaban J connectivity index is 2.21. The third-order valence-electron chi connectivity index (χ3n) is 2.45. The second-order valence-corrected chi connectivity index (χ2v) is 5.20. The van der Waals surface area contributed by atoms with E-state index < -0.39 is 11.8 Å². The number of rotatable bonds is 3. The molecule has 0 saturated carbocycles. The first-order valence-electron chi connectivity index (χ1n) is 5.49. The Morgan fingerprint density at radius 3 is 2.60 bits per heavy atom. The number of anilines is 1. The molecule has 3 N–H and O–H groups in total. The lowest BCUT2D eigenvalue weighted by atomic mass is 10.2. The van der Waals surface area contributed by atoms with E-state index in [4.69, 9.17) is 17.3 Å². The number of hydrogen-bond donors (Lipinski definition) is 2. The highest BCUT2D eigenvalue weighted by Crippen LogP contribution is 2.20. The monoisotopic (exact) mass is 353 g/mol. The Bertz CT molecular complexity index is 674. The molecule has 0 bridgehead atoms. The van der Waals surface area contributed by atoms with Crippen molar-refractivity contribution in [3.8, 4) is 0 Å². The van der Waals surface area contributed by atoms with E-state index in [2.05, 4.69) is 26.2 Å². The molecule has 1 heterocycles. The minimum absolute atomic E-state index is 0.147. The van der Waals surface area contributed by atoms with Gasteiger partial charge in [0.25, 0.3) is 5.91 Å². The molecule has 0 aliphatic heterocycles. The van der Waals surface area contributed by atoms with Crippen molar-refractivity contribution in [3.05, 3.63) is 57.3 Å². The number of nitrogens with zero attached hydrogens (tertiary/aromatic N) is 1. The summed E-state index contributed by atoms with van der Waals surface area (Å²) in [6.45, 7) is 0. The summed E-state index contributed by atoms with van der Waals surface area (Å²) in [7, 11) is 0. The summed E-state index contributed by atoms with van der Waals surface area (Å²) < 4.78 is 0.775. The summed E-state index contributed by atoms with van der Waals surface area (Å²) in [5.74, 6) is -1.05. The number of halogens is 2. The third-order valence-corrected chi connectivity index (χ3v) is 3.25. The van der Waals surface area contributed by atoms with Crippen LogP contribution in [-0.4, -0.2) is 16.8 Å². The zero-order valence-electron chi connectivity index (χ0n) is 10.1. The van der Waals surface area contributed by atoms with Crippen LogP contribution in [-0.2, 0) is 0 Å². The number of carbonyl (C=O) groups is 2. The van der Waals surface area contributed by atoms with Crippen molar-refractivity contribution in [1.29, 1.82) is 0 Å². The second-order valence-electron chi connectivity index (χ2n) is 3.87. The highest BCUT2D eigenvalue weighted by atomic mass is 79.9. The van der Waals surface area contributed by atoms with Crippen LogP contribution in [0.3, 0.4) is 0 Å². The van der Waals surface area contributed by atoms with E-state index in [1.165, 1.54) is 18.3 Å². The van der Waals surface area contributed by atoms with Gasteiger partial charge < -0.3 is 11.1 Å². The Morgan fingerprint density at radius 2 is 2.00 bits per heavy atom. The number of amides is 2. The van der Waals surface area contributed by atoms with Crippen LogP contribution >= 0.6 is 27.5 Å². The van der Waals surface area contributed by atoms with Crippen LogP contribution in [0.4, 0.5) is 5.69 Å². The largest absolute Gasteiger partial charge is 0.366 e. The summed E-state index contributed by atoms with van der Waals surface area (Å²) in [6.07, 6.45) is 1.52. The number of hydrogen-bond acceptors (Lipinski definition) is 3. The van der Waals surface area contributed by atoms with Gasteiger partial charge >= 0.3 is 0 Å². The van der Waals surface area contributed by atoms with E-state index in [1.54, 1.807) is 18.2 Å². The second kappa shape index (κ2) is 6.02. The summed E-state index contributed by atoms with van der Waals surface area (Å²) in [6, 6.07) is 7.77. The standard InChI is InChI=1S/C13H9BrClN3O2/c14-7-1-4-11(17-6-7)13(20)18-8-2-3-10(15)9(5-8)12(16)19/h1-6H,(H2,16,19)(H,18,20). The zero-order valence-corrected chi connectivity index (χ0v) is 12.4. The molecule has 7 heteroatoms. The number of nitrogens with one attached hydrogen (secondary N) is 1. The van der Waals surface area contributed by atoms with Crippen molar-refractivity contribution < 1.29 is 9.59 Å². The van der Waals surface area contributed by atoms with E-state index in [0.717, 1.165) is 4.47 Å². The number of carbonyl (C=O) groups excluding carboxylic acids is 2. The van der Waals surface area contributed by atoms with Crippen LogP contribution in [0.5, 0.6) is 0 Å². The van der Waals surface area contributed by atoms with Gasteiger partial charge in [0.15, 0.2) is 0 Å². The first-order valence-corrected chi connectivity index (χ1v) is 6.67. The maximum atomic E-state index is 12.0. The van der Waals surface area contributed by atoms with Gasteiger partial charge in [0.1, 0.15) is 5.69 Å². The van der Waals surface area contributed by atoms with Gasteiger partial charge in [-0.1, -0.05) is 11.6 Å². The van der Waals surface area contributed by atoms with Crippen LogP contribution in [0.2, 0.25) is 5.02 Å². The summed E-state index contributed by atoms with van der Waals surface area (Å²) in [5, 5.41) is 2.85. The fourth-order valence-electron chi connectivity index (χ4n) is 1.50. The van der Waals surface area contributed by atoms with Crippen LogP contribution in [0, 0.1) is 0 Å². The van der Waals surface area contributed by atoms with Crippen LogP contribution in [0.25, 0.3) is 0 Å². The van der Waals surface area contributed by atoms with Gasteiger partial charge in [-0.05, 0) is 46.3 Å². The molecule has 5 nitrogen and oxygen atoms in total. The molecule has 0 saturated heterocycles. The lowest BCUT2D eigenvalue weighted by Crippen LogP contribution is -2.15. The van der Waals surface area contributed by atoms with Gasteiger partial charge in [-0.3, -0.25) is 9.59 Å². The maximum absolute atomic E-state index is 12.0. The molecule has 0 atom stereocenters. The van der Waals surface area contributed by atoms with Gasteiger partial charge in [0.05, 0.1) is 10.6 Å². The predicted molar refractivity (Wildman–Crippen MR) is 79.9 cm³/mol. The van der Waals surface area contributed by atoms with Crippen LogP contribution < -0.4 is 11.1 Å². The van der Waals surface area contributed by atoms with Crippen LogP contribution in [0.15, 0.2) is 41.0 Å². The highest BCUT2D eigenvalue weighted by Gasteiger charge is 2.11. The van der Waals surface area contributed by atoms with Crippen molar-refractivity contribution in [2.24, 2.45) is 5.73 Å². The average Bonchev–Trinajstić information content (AvgIpc) is 2.41. The SMILES string of the molecule is NC(=O)c1cc(NC(=O)c2ccc(Br)cn2)ccc1Cl. The lowest BCUT2D eigenvalue weighted by molar-refractivity contribution is 0.0995. The molecule has 0 spiro atoms. The van der Waals surface area contributed by atoms with Gasteiger partial charge in [-0.2, -0.15) is 0 Å². The smallest absolute Gasteiger partial charge is 0.274 e. The first-order chi connectivity index (χ1) is 9.47. The molecule has 102 valence electrons. The summed E-state index contributed by atoms with van der Waals surface area (Å²) in [5.41, 5.74) is 6.00. The van der Waals surface area contributed by atoms with E-state index in [0.29, 0.717) is 5.69 Å². The molecule has 0 unspecified atom stereocenters. The maximum Gasteiger partial charge on any atom is 0.274 e. The number of primary amides is 1. The minimum atomic E-state index is -0.659. The number of pyridine rings is 1. The fraction of sp³-hybridized carbons (Fsp3) is 0. The van der Waals surface area contributed by atoms with Gasteiger partial charge in [-0.15, -0.1) is 0 Å². The molecule has 0 aliphatic carbocycles. The topological polar surface area (TPSA) is 85.1 Å². The summed E-state index contributed by atoms with van der Waals surface area (Å²) in [4.78, 5) is 27.1. The van der Waals surface area contributed by atoms with Crippen molar-refractivity contribution in [1.82, 2.24) is 4.98 Å². The van der Waals surface area contributed by atoms with Gasteiger partial charge in [-0.25, -0.2) is 4.98 Å². The number of nitrogens with two attached hydrogens (primary N) is 1. The molecule has 0 radical (unpaired) electrons. The molecule has 2 rings (SSSR count). The molecule has 2 amide bonds. The zero-order chi connectivity index (χ0) is 14.7. The van der Waals surface area contributed by atoms with Gasteiger partial charge in [0, 0.05) is 16.4 Å². The molecule has 20 heavy (non-hydrogen) atoms. The molecule has 1 aromatic carbocycles. The lowest BCUT2D eigenvalue weighted by Gasteiger charge is -2.07. The molecular weight excluding hydrogens is 346 g/mol. The quantitative estimate of drug-likeness (QED) is 0.889. The van der Waals surface area contributed by atoms with E-state index in [-0.39, 0.29) is 16.3 Å². The Kier molecular flexibility index (Phi) is 4.36.